The van der Waals surface area contributed by atoms with Crippen LogP contribution in [0.1, 0.15) is 47.0 Å². The number of benzene rings is 1. The number of amides is 3. The van der Waals surface area contributed by atoms with E-state index in [1.54, 1.807) is 42.7 Å². The van der Waals surface area contributed by atoms with Gasteiger partial charge in [-0.05, 0) is 52.2 Å². The van der Waals surface area contributed by atoms with E-state index < -0.39 is 28.6 Å². The van der Waals surface area contributed by atoms with Crippen LogP contribution in [-0.2, 0) is 14.3 Å². The zero-order chi connectivity index (χ0) is 24.1. The highest BCUT2D eigenvalue weighted by atomic mass is 16.6. The van der Waals surface area contributed by atoms with Gasteiger partial charge in [0.2, 0.25) is 11.8 Å². The first-order valence-corrected chi connectivity index (χ1v) is 11.4. The van der Waals surface area contributed by atoms with Crippen molar-refractivity contribution >= 4 is 29.3 Å². The molecule has 0 aromatic heterocycles. The van der Waals surface area contributed by atoms with Crippen molar-refractivity contribution in [1.82, 2.24) is 9.80 Å². The van der Waals surface area contributed by atoms with Gasteiger partial charge in [-0.1, -0.05) is 6.92 Å². The summed E-state index contributed by atoms with van der Waals surface area (Å²) in [5.74, 6) is -0.657. The molecule has 178 valence electrons. The fourth-order valence-electron chi connectivity index (χ4n) is 5.28. The van der Waals surface area contributed by atoms with Gasteiger partial charge in [0.1, 0.15) is 11.6 Å². The van der Waals surface area contributed by atoms with E-state index in [4.69, 9.17) is 4.74 Å². The lowest BCUT2D eigenvalue weighted by Crippen LogP contribution is -2.52. The lowest BCUT2D eigenvalue weighted by atomic mass is 10.0. The van der Waals surface area contributed by atoms with Crippen LogP contribution in [0.2, 0.25) is 0 Å². The van der Waals surface area contributed by atoms with Gasteiger partial charge in [0, 0.05) is 30.9 Å². The van der Waals surface area contributed by atoms with Crippen LogP contribution in [0.4, 0.5) is 16.2 Å². The van der Waals surface area contributed by atoms with Crippen molar-refractivity contribution in [1.29, 1.82) is 0 Å². The molecule has 0 N–H and O–H groups in total. The number of non-ortho nitro benzene ring substituents is 1. The van der Waals surface area contributed by atoms with Crippen molar-refractivity contribution in [3.8, 4) is 0 Å². The standard InChI is InChI=1S/C23H30N4O6/c1-14-19-17(26(20(14)28)15-7-9-16(10-8-15)27(31)32)11-13-25(19)21(29)18-6-5-12-24(18)22(30)33-23(2,3)4/h7-10,14,17-19H,5-6,11-13H2,1-4H3/t14-,17-,18-,19+/m0/s1. The third-order valence-corrected chi connectivity index (χ3v) is 6.68. The Morgan fingerprint density at radius 2 is 1.76 bits per heavy atom. The average Bonchev–Trinajstić information content (AvgIpc) is 3.44. The monoisotopic (exact) mass is 458 g/mol. The SMILES string of the molecule is C[C@@H]1C(=O)N(c2ccc([N+](=O)[O-])cc2)[C@H]2CCN(C(=O)[C@@H]3CCCN3C(=O)OC(C)(C)C)[C@H]12. The van der Waals surface area contributed by atoms with Crippen molar-refractivity contribution < 1.29 is 24.0 Å². The van der Waals surface area contributed by atoms with Crippen molar-refractivity contribution in [3.05, 3.63) is 34.4 Å². The Hall–Kier alpha value is -3.17. The van der Waals surface area contributed by atoms with Crippen LogP contribution >= 0.6 is 0 Å². The quantitative estimate of drug-likeness (QED) is 0.508. The van der Waals surface area contributed by atoms with E-state index in [1.807, 2.05) is 6.92 Å². The fourth-order valence-corrected chi connectivity index (χ4v) is 5.28. The number of rotatable bonds is 3. The zero-order valence-corrected chi connectivity index (χ0v) is 19.4. The molecule has 3 fully saturated rings. The predicted molar refractivity (Wildman–Crippen MR) is 120 cm³/mol. The Labute approximate surface area is 192 Å². The fraction of sp³-hybridized carbons (Fsp3) is 0.609. The van der Waals surface area contributed by atoms with Gasteiger partial charge in [0.05, 0.1) is 22.9 Å². The molecule has 0 radical (unpaired) electrons. The molecule has 4 rings (SSSR count). The molecule has 0 bridgehead atoms. The largest absolute Gasteiger partial charge is 0.444 e. The number of likely N-dealkylation sites (tertiary alicyclic amines) is 2. The van der Waals surface area contributed by atoms with E-state index in [0.29, 0.717) is 31.6 Å². The van der Waals surface area contributed by atoms with Gasteiger partial charge in [-0.2, -0.15) is 0 Å². The van der Waals surface area contributed by atoms with E-state index in [-0.39, 0.29) is 29.6 Å². The van der Waals surface area contributed by atoms with E-state index in [1.165, 1.54) is 17.0 Å². The second-order valence-electron chi connectivity index (χ2n) is 9.98. The summed E-state index contributed by atoms with van der Waals surface area (Å²) < 4.78 is 5.50. The van der Waals surface area contributed by atoms with E-state index >= 15 is 0 Å². The number of nitrogens with zero attached hydrogens (tertiary/aromatic N) is 4. The Kier molecular flexibility index (Phi) is 5.79. The van der Waals surface area contributed by atoms with Gasteiger partial charge in [0.25, 0.3) is 5.69 Å². The van der Waals surface area contributed by atoms with Crippen molar-refractivity contribution in [2.24, 2.45) is 5.92 Å². The number of nitro benzene ring substituents is 1. The maximum Gasteiger partial charge on any atom is 0.410 e. The molecule has 3 heterocycles. The summed E-state index contributed by atoms with van der Waals surface area (Å²) in [5.41, 5.74) is -0.0962. The topological polar surface area (TPSA) is 113 Å². The van der Waals surface area contributed by atoms with Gasteiger partial charge < -0.3 is 14.5 Å². The minimum Gasteiger partial charge on any atom is -0.444 e. The first-order valence-electron chi connectivity index (χ1n) is 11.4. The highest BCUT2D eigenvalue weighted by molar-refractivity contribution is 6.00. The number of hydrogen-bond donors (Lipinski definition) is 0. The molecule has 3 saturated heterocycles. The molecule has 0 saturated carbocycles. The van der Waals surface area contributed by atoms with Crippen LogP contribution < -0.4 is 4.90 Å². The second kappa shape index (κ2) is 8.31. The normalized spacial score (nSPS) is 27.2. The number of carbonyl (C=O) groups is 3. The van der Waals surface area contributed by atoms with Crippen molar-refractivity contribution in [2.45, 2.75) is 70.7 Å². The van der Waals surface area contributed by atoms with Gasteiger partial charge in [-0.25, -0.2) is 4.79 Å². The average molecular weight is 459 g/mol. The van der Waals surface area contributed by atoms with Crippen LogP contribution in [-0.4, -0.2) is 69.4 Å². The number of ether oxygens (including phenoxy) is 1. The molecule has 33 heavy (non-hydrogen) atoms. The van der Waals surface area contributed by atoms with Crippen LogP contribution in [0, 0.1) is 16.0 Å². The number of nitro groups is 1. The zero-order valence-electron chi connectivity index (χ0n) is 19.4. The molecular formula is C23H30N4O6. The van der Waals surface area contributed by atoms with Gasteiger partial charge in [0.15, 0.2) is 0 Å². The molecule has 1 aromatic rings. The van der Waals surface area contributed by atoms with Gasteiger partial charge in [-0.3, -0.25) is 24.6 Å². The molecule has 1 aromatic carbocycles. The summed E-state index contributed by atoms with van der Waals surface area (Å²) in [6.07, 6.45) is 1.42. The van der Waals surface area contributed by atoms with Gasteiger partial charge >= 0.3 is 6.09 Å². The van der Waals surface area contributed by atoms with Crippen molar-refractivity contribution in [2.75, 3.05) is 18.0 Å². The summed E-state index contributed by atoms with van der Waals surface area (Å²) in [5, 5.41) is 11.0. The lowest BCUT2D eigenvalue weighted by Gasteiger charge is -2.33. The maximum atomic E-state index is 13.6. The van der Waals surface area contributed by atoms with Crippen LogP contribution in [0.5, 0.6) is 0 Å². The van der Waals surface area contributed by atoms with E-state index in [2.05, 4.69) is 0 Å². The molecule has 10 heteroatoms. The number of carbonyl (C=O) groups excluding carboxylic acids is 3. The Bertz CT molecular complexity index is 972. The van der Waals surface area contributed by atoms with Crippen LogP contribution in [0.15, 0.2) is 24.3 Å². The first-order chi connectivity index (χ1) is 15.5. The summed E-state index contributed by atoms with van der Waals surface area (Å²) >= 11 is 0. The van der Waals surface area contributed by atoms with E-state index in [0.717, 1.165) is 6.42 Å². The Balaban J connectivity index is 1.53. The summed E-state index contributed by atoms with van der Waals surface area (Å²) in [6, 6.07) is 4.84. The molecule has 0 spiro atoms. The number of hydrogen-bond acceptors (Lipinski definition) is 6. The highest BCUT2D eigenvalue weighted by Gasteiger charge is 2.55. The minimum absolute atomic E-state index is 0.0401. The molecule has 3 aliphatic rings. The summed E-state index contributed by atoms with van der Waals surface area (Å²) in [4.78, 5) is 54.8. The minimum atomic E-state index is -0.649. The van der Waals surface area contributed by atoms with Crippen molar-refractivity contribution in [3.63, 3.8) is 0 Å². The molecule has 0 unspecified atom stereocenters. The summed E-state index contributed by atoms with van der Waals surface area (Å²) in [6.45, 7) is 8.16. The molecule has 0 aliphatic carbocycles. The third-order valence-electron chi connectivity index (χ3n) is 6.68. The first kappa shape index (κ1) is 23.0. The lowest BCUT2D eigenvalue weighted by molar-refractivity contribution is -0.384. The second-order valence-corrected chi connectivity index (χ2v) is 9.98. The Morgan fingerprint density at radius 1 is 1.09 bits per heavy atom. The predicted octanol–water partition coefficient (Wildman–Crippen LogP) is 2.95. The Morgan fingerprint density at radius 3 is 2.36 bits per heavy atom. The highest BCUT2D eigenvalue weighted by Crippen LogP contribution is 2.40. The third kappa shape index (κ3) is 4.14. The number of anilines is 1. The summed E-state index contributed by atoms with van der Waals surface area (Å²) in [7, 11) is 0. The molecule has 3 aliphatic heterocycles. The number of fused-ring (bicyclic) bond motifs is 1. The van der Waals surface area contributed by atoms with Crippen LogP contribution in [0.25, 0.3) is 0 Å². The molecule has 4 atom stereocenters. The molecule has 10 nitrogen and oxygen atoms in total. The smallest absolute Gasteiger partial charge is 0.410 e. The molecular weight excluding hydrogens is 428 g/mol. The van der Waals surface area contributed by atoms with E-state index in [9.17, 15) is 24.5 Å². The van der Waals surface area contributed by atoms with Gasteiger partial charge in [-0.15, -0.1) is 0 Å². The maximum absolute atomic E-state index is 13.6. The molecule has 3 amide bonds. The van der Waals surface area contributed by atoms with Crippen LogP contribution in [0.3, 0.4) is 0 Å².